The molecule has 104 valence electrons. The van der Waals surface area contributed by atoms with Crippen molar-refractivity contribution in [2.24, 2.45) is 5.73 Å². The Morgan fingerprint density at radius 1 is 1.20 bits per heavy atom. The van der Waals surface area contributed by atoms with Gasteiger partial charge in [-0.2, -0.15) is 0 Å². The van der Waals surface area contributed by atoms with E-state index in [1.165, 1.54) is 0 Å². The molecule has 2 aromatic rings. The quantitative estimate of drug-likeness (QED) is 0.878. The van der Waals surface area contributed by atoms with Crippen LogP contribution >= 0.6 is 0 Å². The van der Waals surface area contributed by atoms with Gasteiger partial charge in [-0.25, -0.2) is 9.97 Å². The van der Waals surface area contributed by atoms with Crippen LogP contribution in [0, 0.1) is 6.92 Å². The van der Waals surface area contributed by atoms with Gasteiger partial charge in [-0.3, -0.25) is 0 Å². The third-order valence-electron chi connectivity index (χ3n) is 2.96. The lowest BCUT2D eigenvalue weighted by Gasteiger charge is -2.08. The molecular weight excluding hydrogens is 256 g/mol. The summed E-state index contributed by atoms with van der Waals surface area (Å²) in [5.41, 5.74) is 7.30. The smallest absolute Gasteiger partial charge is 0.231 e. The highest BCUT2D eigenvalue weighted by atomic mass is 16.7. The van der Waals surface area contributed by atoms with E-state index in [1.807, 2.05) is 31.2 Å². The average molecular weight is 272 g/mol. The zero-order valence-corrected chi connectivity index (χ0v) is 11.2. The van der Waals surface area contributed by atoms with Crippen LogP contribution in [0.15, 0.2) is 24.3 Å². The summed E-state index contributed by atoms with van der Waals surface area (Å²) in [6.07, 6.45) is 0. The van der Waals surface area contributed by atoms with Crippen molar-refractivity contribution < 1.29 is 9.47 Å². The number of fused-ring (bicyclic) bond motifs is 1. The number of rotatable bonds is 4. The summed E-state index contributed by atoms with van der Waals surface area (Å²) in [7, 11) is 0. The van der Waals surface area contributed by atoms with Gasteiger partial charge < -0.3 is 20.5 Å². The van der Waals surface area contributed by atoms with Gasteiger partial charge in [-0.15, -0.1) is 0 Å². The van der Waals surface area contributed by atoms with Crippen LogP contribution in [0.1, 0.15) is 5.82 Å². The van der Waals surface area contributed by atoms with Gasteiger partial charge in [0.15, 0.2) is 11.5 Å². The molecule has 0 atom stereocenters. The van der Waals surface area contributed by atoms with Crippen LogP contribution in [-0.2, 0) is 0 Å². The molecule has 0 aliphatic carbocycles. The first-order chi connectivity index (χ1) is 9.76. The van der Waals surface area contributed by atoms with E-state index in [4.69, 9.17) is 15.2 Å². The molecule has 0 bridgehead atoms. The van der Waals surface area contributed by atoms with Gasteiger partial charge in [0.25, 0.3) is 0 Å². The van der Waals surface area contributed by atoms with E-state index in [1.54, 1.807) is 0 Å². The highest BCUT2D eigenvalue weighted by molar-refractivity contribution is 5.66. The highest BCUT2D eigenvalue weighted by Gasteiger charge is 2.14. The topological polar surface area (TPSA) is 82.3 Å². The minimum atomic E-state index is 0.269. The molecule has 1 aliphatic heterocycles. The molecule has 0 saturated carbocycles. The summed E-state index contributed by atoms with van der Waals surface area (Å²) < 4.78 is 10.7. The van der Waals surface area contributed by atoms with E-state index in [2.05, 4.69) is 15.3 Å². The Labute approximate surface area is 116 Å². The molecule has 1 aromatic carbocycles. The second-order valence-corrected chi connectivity index (χ2v) is 4.47. The second kappa shape index (κ2) is 5.34. The SMILES string of the molecule is Cc1nc(NCCN)cc(-c2ccc3c(c2)OCO3)n1. The normalized spacial score (nSPS) is 12.5. The maximum Gasteiger partial charge on any atom is 0.231 e. The number of aromatic nitrogens is 2. The molecule has 3 N–H and O–H groups in total. The number of nitrogens with two attached hydrogens (primary N) is 1. The van der Waals surface area contributed by atoms with Crippen LogP contribution in [0.3, 0.4) is 0 Å². The van der Waals surface area contributed by atoms with E-state index < -0.39 is 0 Å². The zero-order valence-electron chi connectivity index (χ0n) is 11.2. The molecule has 6 nitrogen and oxygen atoms in total. The van der Waals surface area contributed by atoms with Crippen molar-refractivity contribution in [2.75, 3.05) is 25.2 Å². The van der Waals surface area contributed by atoms with Crippen molar-refractivity contribution in [1.29, 1.82) is 0 Å². The van der Waals surface area contributed by atoms with E-state index >= 15 is 0 Å². The predicted molar refractivity (Wildman–Crippen MR) is 75.9 cm³/mol. The van der Waals surface area contributed by atoms with Crippen LogP contribution in [0.4, 0.5) is 5.82 Å². The van der Waals surface area contributed by atoms with Crippen molar-refractivity contribution in [3.63, 3.8) is 0 Å². The van der Waals surface area contributed by atoms with Gasteiger partial charge in [-0.1, -0.05) is 0 Å². The van der Waals surface area contributed by atoms with Gasteiger partial charge in [0.05, 0.1) is 5.69 Å². The monoisotopic (exact) mass is 272 g/mol. The van der Waals surface area contributed by atoms with Gasteiger partial charge >= 0.3 is 0 Å². The summed E-state index contributed by atoms with van der Waals surface area (Å²) in [4.78, 5) is 8.79. The first-order valence-electron chi connectivity index (χ1n) is 6.46. The first-order valence-corrected chi connectivity index (χ1v) is 6.46. The van der Waals surface area contributed by atoms with Gasteiger partial charge in [0.2, 0.25) is 6.79 Å². The molecule has 0 spiro atoms. The van der Waals surface area contributed by atoms with E-state index in [-0.39, 0.29) is 6.79 Å². The van der Waals surface area contributed by atoms with Crippen LogP contribution in [0.25, 0.3) is 11.3 Å². The number of benzene rings is 1. The molecule has 1 aromatic heterocycles. The average Bonchev–Trinajstić information content (AvgIpc) is 2.92. The van der Waals surface area contributed by atoms with E-state index in [0.717, 1.165) is 28.6 Å². The lowest BCUT2D eigenvalue weighted by Crippen LogP contribution is -2.14. The fraction of sp³-hybridized carbons (Fsp3) is 0.286. The van der Waals surface area contributed by atoms with E-state index in [0.29, 0.717) is 18.9 Å². The maximum atomic E-state index is 5.49. The molecule has 6 heteroatoms. The summed E-state index contributed by atoms with van der Waals surface area (Å²) in [5.74, 6) is 2.99. The fourth-order valence-corrected chi connectivity index (χ4v) is 2.06. The number of hydrogen-bond donors (Lipinski definition) is 2. The number of hydrogen-bond acceptors (Lipinski definition) is 6. The molecule has 0 unspecified atom stereocenters. The van der Waals surface area contributed by atoms with Gasteiger partial charge in [0.1, 0.15) is 11.6 Å². The van der Waals surface area contributed by atoms with Gasteiger partial charge in [0, 0.05) is 24.7 Å². The Balaban J connectivity index is 1.94. The molecule has 2 heterocycles. The molecule has 0 radical (unpaired) electrons. The largest absolute Gasteiger partial charge is 0.454 e. The van der Waals surface area contributed by atoms with Crippen molar-refractivity contribution in [1.82, 2.24) is 9.97 Å². The molecule has 1 aliphatic rings. The number of ether oxygens (including phenoxy) is 2. The summed E-state index contributed by atoms with van der Waals surface area (Å²) in [5, 5.41) is 3.17. The number of anilines is 1. The third kappa shape index (κ3) is 2.50. The third-order valence-corrected chi connectivity index (χ3v) is 2.96. The summed E-state index contributed by atoms with van der Waals surface area (Å²) in [6, 6.07) is 7.68. The fourth-order valence-electron chi connectivity index (χ4n) is 2.06. The first kappa shape index (κ1) is 12.7. The minimum absolute atomic E-state index is 0.269. The Hall–Kier alpha value is -2.34. The van der Waals surface area contributed by atoms with Crippen LogP contribution in [0.2, 0.25) is 0 Å². The number of aryl methyl sites for hydroxylation is 1. The summed E-state index contributed by atoms with van der Waals surface area (Å²) >= 11 is 0. The highest BCUT2D eigenvalue weighted by Crippen LogP contribution is 2.35. The van der Waals surface area contributed by atoms with Crippen molar-refractivity contribution in [2.45, 2.75) is 6.92 Å². The van der Waals surface area contributed by atoms with Crippen molar-refractivity contribution in [3.8, 4) is 22.8 Å². The van der Waals surface area contributed by atoms with Crippen LogP contribution in [-0.4, -0.2) is 29.9 Å². The Morgan fingerprint density at radius 2 is 2.05 bits per heavy atom. The number of nitrogens with one attached hydrogen (secondary N) is 1. The number of nitrogens with zero attached hydrogens (tertiary/aromatic N) is 2. The minimum Gasteiger partial charge on any atom is -0.454 e. The second-order valence-electron chi connectivity index (χ2n) is 4.47. The lowest BCUT2D eigenvalue weighted by molar-refractivity contribution is 0.174. The maximum absolute atomic E-state index is 5.49. The molecular formula is C14H16N4O2. The molecule has 0 fully saturated rings. The zero-order chi connectivity index (χ0) is 13.9. The summed E-state index contributed by atoms with van der Waals surface area (Å²) in [6.45, 7) is 3.37. The Kier molecular flexibility index (Phi) is 3.39. The molecule has 0 amide bonds. The molecule has 3 rings (SSSR count). The lowest BCUT2D eigenvalue weighted by atomic mass is 10.1. The van der Waals surface area contributed by atoms with Crippen molar-refractivity contribution >= 4 is 5.82 Å². The standard InChI is InChI=1S/C14H16N4O2/c1-9-17-11(7-14(18-9)16-5-4-15)10-2-3-12-13(6-10)20-8-19-12/h2-3,6-7H,4-5,8,15H2,1H3,(H,16,17,18). The molecule has 0 saturated heterocycles. The van der Waals surface area contributed by atoms with Gasteiger partial charge in [-0.05, 0) is 25.1 Å². The van der Waals surface area contributed by atoms with E-state index in [9.17, 15) is 0 Å². The van der Waals surface area contributed by atoms with Crippen LogP contribution < -0.4 is 20.5 Å². The predicted octanol–water partition coefficient (Wildman–Crippen LogP) is 1.55. The Bertz CT molecular complexity index is 631. The van der Waals surface area contributed by atoms with Crippen LogP contribution in [0.5, 0.6) is 11.5 Å². The van der Waals surface area contributed by atoms with Crippen molar-refractivity contribution in [3.05, 3.63) is 30.1 Å². The Morgan fingerprint density at radius 3 is 2.90 bits per heavy atom. The molecule has 20 heavy (non-hydrogen) atoms.